The maximum atomic E-state index is 14.9. The average molecular weight is 433 g/mol. The Hall–Kier alpha value is 0.135. The van der Waals surface area contributed by atoms with Gasteiger partial charge in [-0.25, -0.2) is 4.39 Å². The summed E-state index contributed by atoms with van der Waals surface area (Å²) in [5.41, 5.74) is -0.127. The Labute approximate surface area is 169 Å². The second-order valence-corrected chi connectivity index (χ2v) is 9.33. The molecule has 1 saturated heterocycles. The van der Waals surface area contributed by atoms with E-state index in [1.807, 2.05) is 27.7 Å². The van der Waals surface area contributed by atoms with Crippen molar-refractivity contribution in [2.75, 3.05) is 5.33 Å². The molecule has 0 aromatic rings. The number of rotatable bonds is 13. The molecule has 0 spiro atoms. The number of halogens is 2. The molecule has 5 heteroatoms. The second-order valence-electron chi connectivity index (χ2n) is 8.54. The lowest BCUT2D eigenvalue weighted by atomic mass is 9.74. The summed E-state index contributed by atoms with van der Waals surface area (Å²) in [6.07, 6.45) is 11.9. The standard InChI is InChI=1S/C21H39BBrFO2/c1-6-7-8-9-10-11-12-13-16-19(24)18(15-14-17-23)22-25-20(2,3)21(4,5)26-22/h6-17H2,1-5H3/b19-18+. The lowest BCUT2D eigenvalue weighted by Gasteiger charge is -2.32. The first-order valence-electron chi connectivity index (χ1n) is 10.5. The molecule has 0 aromatic heterocycles. The first-order chi connectivity index (χ1) is 12.2. The molecule has 2 nitrogen and oxygen atoms in total. The van der Waals surface area contributed by atoms with E-state index in [2.05, 4.69) is 22.9 Å². The number of allylic oxidation sites excluding steroid dienone is 2. The molecule has 0 aliphatic carbocycles. The Morgan fingerprint density at radius 2 is 1.31 bits per heavy atom. The van der Waals surface area contributed by atoms with Crippen LogP contribution in [0.2, 0.25) is 0 Å². The summed E-state index contributed by atoms with van der Waals surface area (Å²) in [4.78, 5) is 0. The molecule has 1 rings (SSSR count). The fraction of sp³-hybridized carbons (Fsp3) is 0.905. The summed E-state index contributed by atoms with van der Waals surface area (Å²) >= 11 is 3.45. The fourth-order valence-electron chi connectivity index (χ4n) is 3.20. The maximum absolute atomic E-state index is 14.9. The summed E-state index contributed by atoms with van der Waals surface area (Å²) in [7, 11) is -0.548. The van der Waals surface area contributed by atoms with Gasteiger partial charge in [-0.1, -0.05) is 67.8 Å². The third-order valence-corrected chi connectivity index (χ3v) is 6.28. The molecule has 1 aliphatic heterocycles. The van der Waals surface area contributed by atoms with Crippen molar-refractivity contribution in [3.05, 3.63) is 11.3 Å². The highest BCUT2D eigenvalue weighted by Gasteiger charge is 2.52. The molecule has 0 N–H and O–H groups in total. The van der Waals surface area contributed by atoms with Gasteiger partial charge in [0, 0.05) is 5.33 Å². The monoisotopic (exact) mass is 432 g/mol. The zero-order valence-electron chi connectivity index (χ0n) is 17.6. The van der Waals surface area contributed by atoms with Crippen LogP contribution in [0.3, 0.4) is 0 Å². The van der Waals surface area contributed by atoms with Crippen molar-refractivity contribution in [1.29, 1.82) is 0 Å². The van der Waals surface area contributed by atoms with Crippen molar-refractivity contribution in [3.63, 3.8) is 0 Å². The number of hydrogen-bond donors (Lipinski definition) is 0. The molecule has 26 heavy (non-hydrogen) atoms. The minimum Gasteiger partial charge on any atom is -0.399 e. The van der Waals surface area contributed by atoms with Gasteiger partial charge in [-0.2, -0.15) is 0 Å². The SMILES string of the molecule is CCCCCCCCCC/C(F)=C(/CCCBr)B1OC(C)(C)C(C)(C)O1. The predicted octanol–water partition coefficient (Wildman–Crippen LogP) is 7.55. The van der Waals surface area contributed by atoms with E-state index in [4.69, 9.17) is 9.31 Å². The molecule has 1 heterocycles. The highest BCUT2D eigenvalue weighted by atomic mass is 79.9. The molecule has 0 aromatic carbocycles. The number of hydrogen-bond acceptors (Lipinski definition) is 2. The number of unbranched alkanes of at least 4 members (excludes halogenated alkanes) is 7. The van der Waals surface area contributed by atoms with Crippen LogP contribution in [0.5, 0.6) is 0 Å². The molecule has 0 amide bonds. The van der Waals surface area contributed by atoms with E-state index < -0.39 is 18.3 Å². The Morgan fingerprint density at radius 1 is 0.808 bits per heavy atom. The van der Waals surface area contributed by atoms with E-state index >= 15 is 0 Å². The molecular formula is C21H39BBrFO2. The van der Waals surface area contributed by atoms with Crippen molar-refractivity contribution < 1.29 is 13.7 Å². The normalized spacial score (nSPS) is 19.7. The summed E-state index contributed by atoms with van der Waals surface area (Å²) < 4.78 is 27.1. The van der Waals surface area contributed by atoms with Crippen LogP contribution in [-0.4, -0.2) is 23.7 Å². The predicted molar refractivity (Wildman–Crippen MR) is 114 cm³/mol. The second kappa shape index (κ2) is 11.9. The first kappa shape index (κ1) is 24.2. The van der Waals surface area contributed by atoms with Gasteiger partial charge >= 0.3 is 7.12 Å². The zero-order chi connectivity index (χ0) is 19.6. The Kier molecular flexibility index (Phi) is 11.0. The Bertz CT molecular complexity index is 422. The van der Waals surface area contributed by atoms with Gasteiger partial charge in [0.25, 0.3) is 0 Å². The highest BCUT2D eigenvalue weighted by Crippen LogP contribution is 2.40. The van der Waals surface area contributed by atoms with Gasteiger partial charge in [0.05, 0.1) is 17.0 Å². The van der Waals surface area contributed by atoms with E-state index in [9.17, 15) is 4.39 Å². The van der Waals surface area contributed by atoms with Gasteiger partial charge < -0.3 is 9.31 Å². The molecule has 0 unspecified atom stereocenters. The van der Waals surface area contributed by atoms with Crippen LogP contribution < -0.4 is 0 Å². The summed E-state index contributed by atoms with van der Waals surface area (Å²) in [5.74, 6) is -0.0181. The topological polar surface area (TPSA) is 18.5 Å². The highest BCUT2D eigenvalue weighted by molar-refractivity contribution is 9.09. The fourth-order valence-corrected chi connectivity index (χ4v) is 3.48. The Balaban J connectivity index is 2.53. The van der Waals surface area contributed by atoms with Gasteiger partial charge in [0.2, 0.25) is 0 Å². The van der Waals surface area contributed by atoms with Crippen molar-refractivity contribution in [1.82, 2.24) is 0 Å². The van der Waals surface area contributed by atoms with Crippen LogP contribution in [0.25, 0.3) is 0 Å². The summed E-state index contributed by atoms with van der Waals surface area (Å²) in [6, 6.07) is 0. The molecule has 0 saturated carbocycles. The van der Waals surface area contributed by atoms with Crippen LogP contribution in [0.1, 0.15) is 105 Å². The number of alkyl halides is 1. The van der Waals surface area contributed by atoms with Gasteiger partial charge in [-0.15, -0.1) is 0 Å². The van der Waals surface area contributed by atoms with Crippen molar-refractivity contribution in [2.45, 2.75) is 116 Å². The molecule has 0 atom stereocenters. The van der Waals surface area contributed by atoms with E-state index in [1.54, 1.807) is 0 Å². The molecular weight excluding hydrogens is 394 g/mol. The molecule has 1 fully saturated rings. The minimum atomic E-state index is -0.548. The summed E-state index contributed by atoms with van der Waals surface area (Å²) in [6.45, 7) is 10.3. The van der Waals surface area contributed by atoms with E-state index in [0.29, 0.717) is 18.3 Å². The van der Waals surface area contributed by atoms with Gasteiger partial charge in [-0.05, 0) is 58.9 Å². The molecule has 1 aliphatic rings. The molecule has 0 bridgehead atoms. The maximum Gasteiger partial charge on any atom is 0.493 e. The quantitative estimate of drug-likeness (QED) is 0.170. The largest absolute Gasteiger partial charge is 0.493 e. The molecule has 152 valence electrons. The van der Waals surface area contributed by atoms with Crippen LogP contribution in [-0.2, 0) is 9.31 Å². The van der Waals surface area contributed by atoms with Gasteiger partial charge in [0.15, 0.2) is 0 Å². The lowest BCUT2D eigenvalue weighted by Crippen LogP contribution is -2.41. The van der Waals surface area contributed by atoms with Gasteiger partial charge in [-0.3, -0.25) is 0 Å². The van der Waals surface area contributed by atoms with Crippen LogP contribution in [0.15, 0.2) is 11.3 Å². The van der Waals surface area contributed by atoms with E-state index in [0.717, 1.165) is 24.6 Å². The van der Waals surface area contributed by atoms with Crippen molar-refractivity contribution in [2.24, 2.45) is 0 Å². The third-order valence-electron chi connectivity index (χ3n) is 5.72. The van der Waals surface area contributed by atoms with Crippen molar-refractivity contribution >= 4 is 23.0 Å². The van der Waals surface area contributed by atoms with Crippen LogP contribution in [0.4, 0.5) is 4.39 Å². The first-order valence-corrected chi connectivity index (χ1v) is 11.7. The Morgan fingerprint density at radius 3 is 1.81 bits per heavy atom. The van der Waals surface area contributed by atoms with Crippen molar-refractivity contribution in [3.8, 4) is 0 Å². The lowest BCUT2D eigenvalue weighted by molar-refractivity contribution is 0.00578. The van der Waals surface area contributed by atoms with E-state index in [-0.39, 0.29) is 5.83 Å². The third kappa shape index (κ3) is 7.63. The van der Waals surface area contributed by atoms with E-state index in [1.165, 1.54) is 38.5 Å². The average Bonchev–Trinajstić information content (AvgIpc) is 2.78. The molecule has 0 radical (unpaired) electrons. The minimum absolute atomic E-state index is 0.0181. The van der Waals surface area contributed by atoms with Crippen LogP contribution in [0, 0.1) is 0 Å². The zero-order valence-corrected chi connectivity index (χ0v) is 19.2. The summed E-state index contributed by atoms with van der Waals surface area (Å²) in [5, 5.41) is 0.862. The van der Waals surface area contributed by atoms with Crippen LogP contribution >= 0.6 is 15.9 Å². The van der Waals surface area contributed by atoms with Gasteiger partial charge in [0.1, 0.15) is 0 Å². The smallest absolute Gasteiger partial charge is 0.399 e.